The Morgan fingerprint density at radius 2 is 2.04 bits per heavy atom. The van der Waals surface area contributed by atoms with Crippen molar-refractivity contribution in [3.8, 4) is 0 Å². The minimum absolute atomic E-state index is 0.677. The van der Waals surface area contributed by atoms with Gasteiger partial charge in [0, 0.05) is 50.1 Å². The first kappa shape index (κ1) is 14.6. The van der Waals surface area contributed by atoms with Crippen LogP contribution >= 0.6 is 0 Å². The molecule has 0 aromatic carbocycles. The molecule has 2 fully saturated rings. The minimum Gasteiger partial charge on any atom is -0.323 e. The van der Waals surface area contributed by atoms with Crippen LogP contribution in [0, 0.1) is 0 Å². The van der Waals surface area contributed by atoms with Gasteiger partial charge in [0.15, 0.2) is 5.82 Å². The second-order valence-electron chi connectivity index (χ2n) is 6.55. The molecule has 4 rings (SSSR count). The van der Waals surface area contributed by atoms with Gasteiger partial charge >= 0.3 is 0 Å². The van der Waals surface area contributed by atoms with Crippen LogP contribution in [0.3, 0.4) is 0 Å². The van der Waals surface area contributed by atoms with Gasteiger partial charge in [-0.25, -0.2) is 9.97 Å². The van der Waals surface area contributed by atoms with Crippen molar-refractivity contribution in [3.05, 3.63) is 29.8 Å². The molecule has 23 heavy (non-hydrogen) atoms. The van der Waals surface area contributed by atoms with Crippen LogP contribution in [0.15, 0.2) is 18.3 Å². The van der Waals surface area contributed by atoms with E-state index < -0.39 is 0 Å². The molecule has 0 unspecified atom stereocenters. The van der Waals surface area contributed by atoms with Gasteiger partial charge in [0.05, 0.1) is 6.54 Å². The second kappa shape index (κ2) is 6.25. The molecule has 0 atom stereocenters. The van der Waals surface area contributed by atoms with Crippen LogP contribution in [0.1, 0.15) is 30.3 Å². The third kappa shape index (κ3) is 3.68. The first-order valence-electron chi connectivity index (χ1n) is 8.31. The predicted molar refractivity (Wildman–Crippen MR) is 88.7 cm³/mol. The van der Waals surface area contributed by atoms with Gasteiger partial charge in [0.25, 0.3) is 0 Å². The number of hydrogen-bond donors (Lipinski definition) is 2. The summed E-state index contributed by atoms with van der Waals surface area (Å²) in [6, 6.07) is 3.97. The lowest BCUT2D eigenvalue weighted by molar-refractivity contribution is 0.145. The van der Waals surface area contributed by atoms with Crippen molar-refractivity contribution in [2.45, 2.75) is 25.3 Å². The molecule has 1 aliphatic carbocycles. The zero-order chi connectivity index (χ0) is 15.6. The molecule has 7 heteroatoms. The molecule has 2 aromatic rings. The Morgan fingerprint density at radius 3 is 2.83 bits per heavy atom. The fourth-order valence-corrected chi connectivity index (χ4v) is 2.89. The van der Waals surface area contributed by atoms with Crippen molar-refractivity contribution >= 4 is 11.6 Å². The monoisotopic (exact) mass is 313 g/mol. The minimum atomic E-state index is 0.677. The van der Waals surface area contributed by atoms with E-state index in [4.69, 9.17) is 0 Å². The van der Waals surface area contributed by atoms with Crippen LogP contribution in [0.2, 0.25) is 0 Å². The Labute approximate surface area is 136 Å². The molecule has 1 saturated carbocycles. The van der Waals surface area contributed by atoms with Crippen LogP contribution < -0.4 is 5.32 Å². The van der Waals surface area contributed by atoms with Gasteiger partial charge in [-0.2, -0.15) is 5.10 Å². The van der Waals surface area contributed by atoms with E-state index in [0.717, 1.165) is 50.2 Å². The maximum Gasteiger partial charge on any atom is 0.153 e. The SMILES string of the molecule is CN1CCN(Cc2nccc(Nc3cc(C4CC4)[nH]n3)n2)CC1. The number of likely N-dealkylation sites (N-methyl/N-ethyl adjacent to an activating group) is 1. The topological polar surface area (TPSA) is 73.0 Å². The van der Waals surface area contributed by atoms with E-state index in [2.05, 4.69) is 48.4 Å². The largest absolute Gasteiger partial charge is 0.323 e. The van der Waals surface area contributed by atoms with Gasteiger partial charge in [-0.1, -0.05) is 0 Å². The fourth-order valence-electron chi connectivity index (χ4n) is 2.89. The quantitative estimate of drug-likeness (QED) is 0.873. The van der Waals surface area contributed by atoms with Gasteiger partial charge in [-0.15, -0.1) is 0 Å². The molecule has 122 valence electrons. The molecule has 0 radical (unpaired) electrons. The summed E-state index contributed by atoms with van der Waals surface area (Å²) in [4.78, 5) is 13.8. The average Bonchev–Trinajstić information content (AvgIpc) is 3.30. The molecule has 0 bridgehead atoms. The molecular formula is C16H23N7. The van der Waals surface area contributed by atoms with E-state index in [1.54, 1.807) is 0 Å². The summed E-state index contributed by atoms with van der Waals surface area (Å²) < 4.78 is 0. The summed E-state index contributed by atoms with van der Waals surface area (Å²) in [5, 5.41) is 10.7. The summed E-state index contributed by atoms with van der Waals surface area (Å²) in [6.07, 6.45) is 4.35. The molecule has 2 aliphatic rings. The highest BCUT2D eigenvalue weighted by Gasteiger charge is 2.25. The van der Waals surface area contributed by atoms with E-state index >= 15 is 0 Å². The zero-order valence-electron chi connectivity index (χ0n) is 13.5. The molecule has 2 N–H and O–H groups in total. The smallest absolute Gasteiger partial charge is 0.153 e. The third-order valence-electron chi connectivity index (χ3n) is 4.54. The molecule has 1 aliphatic heterocycles. The number of piperazine rings is 1. The average molecular weight is 313 g/mol. The summed E-state index contributed by atoms with van der Waals surface area (Å²) in [5.41, 5.74) is 1.22. The highest BCUT2D eigenvalue weighted by molar-refractivity contribution is 5.51. The molecule has 2 aromatic heterocycles. The van der Waals surface area contributed by atoms with Crippen molar-refractivity contribution in [2.75, 3.05) is 38.5 Å². The standard InChI is InChI=1S/C16H23N7/c1-22-6-8-23(9-7-22)11-16-17-5-4-14(19-16)18-15-10-13(20-21-15)12-2-3-12/h4-5,10,12H,2-3,6-9,11H2,1H3,(H2,17,18,19,20,21). The fraction of sp³-hybridized carbons (Fsp3) is 0.562. The maximum absolute atomic E-state index is 4.62. The Balaban J connectivity index is 1.39. The molecule has 7 nitrogen and oxygen atoms in total. The van der Waals surface area contributed by atoms with Crippen molar-refractivity contribution in [2.24, 2.45) is 0 Å². The second-order valence-corrected chi connectivity index (χ2v) is 6.55. The normalized spacial score (nSPS) is 19.9. The van der Waals surface area contributed by atoms with Gasteiger partial charge in [0.1, 0.15) is 11.6 Å². The number of hydrogen-bond acceptors (Lipinski definition) is 6. The highest BCUT2D eigenvalue weighted by Crippen LogP contribution is 2.39. The molecule has 3 heterocycles. The lowest BCUT2D eigenvalue weighted by atomic mass is 10.3. The van der Waals surface area contributed by atoms with E-state index in [0.29, 0.717) is 5.92 Å². The third-order valence-corrected chi connectivity index (χ3v) is 4.54. The number of rotatable bonds is 5. The predicted octanol–water partition coefficient (Wildman–Crippen LogP) is 1.57. The summed E-state index contributed by atoms with van der Waals surface area (Å²) in [6.45, 7) is 5.16. The Hall–Kier alpha value is -1.99. The molecule has 0 spiro atoms. The van der Waals surface area contributed by atoms with Gasteiger partial charge in [-0.05, 0) is 26.0 Å². The van der Waals surface area contributed by atoms with E-state index in [9.17, 15) is 0 Å². The van der Waals surface area contributed by atoms with E-state index in [1.165, 1.54) is 18.5 Å². The number of aromatic amines is 1. The lowest BCUT2D eigenvalue weighted by Crippen LogP contribution is -2.44. The number of aromatic nitrogens is 4. The Morgan fingerprint density at radius 1 is 1.22 bits per heavy atom. The van der Waals surface area contributed by atoms with Crippen molar-refractivity contribution in [1.82, 2.24) is 30.0 Å². The highest BCUT2D eigenvalue weighted by atomic mass is 15.3. The summed E-state index contributed by atoms with van der Waals surface area (Å²) >= 11 is 0. The summed E-state index contributed by atoms with van der Waals surface area (Å²) in [5.74, 6) is 3.17. The Kier molecular flexibility index (Phi) is 3.97. The zero-order valence-corrected chi connectivity index (χ0v) is 13.5. The first-order valence-corrected chi connectivity index (χ1v) is 8.31. The number of H-pyrrole nitrogens is 1. The van der Waals surface area contributed by atoms with Gasteiger partial charge in [-0.3, -0.25) is 10.00 Å². The van der Waals surface area contributed by atoms with Gasteiger partial charge in [0.2, 0.25) is 0 Å². The number of nitrogens with zero attached hydrogens (tertiary/aromatic N) is 5. The first-order chi connectivity index (χ1) is 11.3. The molecular weight excluding hydrogens is 290 g/mol. The van der Waals surface area contributed by atoms with Gasteiger partial charge < -0.3 is 10.2 Å². The van der Waals surface area contributed by atoms with Crippen LogP contribution in [-0.2, 0) is 6.54 Å². The van der Waals surface area contributed by atoms with Crippen molar-refractivity contribution in [1.29, 1.82) is 0 Å². The summed E-state index contributed by atoms with van der Waals surface area (Å²) in [7, 11) is 2.16. The van der Waals surface area contributed by atoms with Crippen LogP contribution in [0.5, 0.6) is 0 Å². The van der Waals surface area contributed by atoms with E-state index in [-0.39, 0.29) is 0 Å². The molecule has 1 saturated heterocycles. The van der Waals surface area contributed by atoms with Crippen LogP contribution in [0.4, 0.5) is 11.6 Å². The molecule has 0 amide bonds. The number of nitrogens with one attached hydrogen (secondary N) is 2. The van der Waals surface area contributed by atoms with Crippen molar-refractivity contribution < 1.29 is 0 Å². The lowest BCUT2D eigenvalue weighted by Gasteiger charge is -2.31. The van der Waals surface area contributed by atoms with E-state index in [1.807, 2.05) is 12.3 Å². The Bertz CT molecular complexity index is 656. The van der Waals surface area contributed by atoms with Crippen LogP contribution in [-0.4, -0.2) is 63.2 Å². The van der Waals surface area contributed by atoms with Crippen molar-refractivity contribution in [3.63, 3.8) is 0 Å². The maximum atomic E-state index is 4.62. The van der Waals surface area contributed by atoms with Crippen LogP contribution in [0.25, 0.3) is 0 Å². The number of anilines is 2.